The summed E-state index contributed by atoms with van der Waals surface area (Å²) in [5.74, 6) is -1.07. The fraction of sp³-hybridized carbons (Fsp3) is 0.273. The highest BCUT2D eigenvalue weighted by atomic mass is 19.1. The summed E-state index contributed by atoms with van der Waals surface area (Å²) in [4.78, 5) is 0. The summed E-state index contributed by atoms with van der Waals surface area (Å²) < 4.78 is 25.4. The zero-order valence-corrected chi connectivity index (χ0v) is 7.84. The van der Waals surface area contributed by atoms with E-state index in [1.807, 2.05) is 12.2 Å². The van der Waals surface area contributed by atoms with E-state index in [1.165, 1.54) is 12.1 Å². The van der Waals surface area contributed by atoms with Crippen LogP contribution in [0.25, 0.3) is 0 Å². The molecule has 1 aromatic carbocycles. The smallest absolute Gasteiger partial charge is 0.126 e. The van der Waals surface area contributed by atoms with E-state index in [1.54, 1.807) is 0 Å². The van der Waals surface area contributed by atoms with Crippen molar-refractivity contribution in [2.75, 3.05) is 6.54 Å². The van der Waals surface area contributed by atoms with Crippen LogP contribution >= 0.6 is 0 Å². The molecule has 1 nitrogen and oxygen atoms in total. The summed E-state index contributed by atoms with van der Waals surface area (Å²) in [6.07, 6.45) is 5.09. The molecule has 0 radical (unpaired) electrons. The van der Waals surface area contributed by atoms with Crippen LogP contribution in [0.5, 0.6) is 0 Å². The van der Waals surface area contributed by atoms with Crippen LogP contribution in [0.2, 0.25) is 0 Å². The third-order valence-corrected chi connectivity index (χ3v) is 1.78. The third-order valence-electron chi connectivity index (χ3n) is 1.78. The predicted octanol–water partition coefficient (Wildman–Crippen LogP) is 2.41. The standard InChI is InChI=1S/C11H13F2N/c12-10-6-9(7-11(13)8-10)4-2-1-3-5-14/h1-2,6-8H,3-5,14H2/b2-1+. The van der Waals surface area contributed by atoms with E-state index in [2.05, 4.69) is 0 Å². The number of rotatable bonds is 4. The lowest BCUT2D eigenvalue weighted by molar-refractivity contribution is 0.580. The molecule has 0 saturated heterocycles. The van der Waals surface area contributed by atoms with Gasteiger partial charge in [0.25, 0.3) is 0 Å². The molecule has 0 bridgehead atoms. The van der Waals surface area contributed by atoms with Crippen LogP contribution in [0.15, 0.2) is 30.4 Å². The van der Waals surface area contributed by atoms with Gasteiger partial charge in [-0.3, -0.25) is 0 Å². The van der Waals surface area contributed by atoms with E-state index in [0.717, 1.165) is 12.5 Å². The van der Waals surface area contributed by atoms with Crippen molar-refractivity contribution in [2.24, 2.45) is 5.73 Å². The number of halogens is 2. The van der Waals surface area contributed by atoms with Gasteiger partial charge in [-0.05, 0) is 37.1 Å². The Morgan fingerprint density at radius 3 is 2.29 bits per heavy atom. The number of nitrogens with two attached hydrogens (primary N) is 1. The second-order valence-electron chi connectivity index (χ2n) is 3.03. The Kier molecular flexibility index (Phi) is 4.26. The summed E-state index contributed by atoms with van der Waals surface area (Å²) in [6, 6.07) is 3.53. The first kappa shape index (κ1) is 10.9. The normalized spacial score (nSPS) is 11.1. The Morgan fingerprint density at radius 2 is 1.71 bits per heavy atom. The monoisotopic (exact) mass is 197 g/mol. The van der Waals surface area contributed by atoms with E-state index < -0.39 is 11.6 Å². The van der Waals surface area contributed by atoms with Crippen LogP contribution < -0.4 is 5.73 Å². The van der Waals surface area contributed by atoms with Gasteiger partial charge in [0, 0.05) is 6.07 Å². The number of hydrogen-bond donors (Lipinski definition) is 1. The molecular weight excluding hydrogens is 184 g/mol. The summed E-state index contributed by atoms with van der Waals surface area (Å²) in [7, 11) is 0. The van der Waals surface area contributed by atoms with Gasteiger partial charge >= 0.3 is 0 Å². The van der Waals surface area contributed by atoms with Crippen molar-refractivity contribution in [1.29, 1.82) is 0 Å². The predicted molar refractivity (Wildman–Crippen MR) is 52.9 cm³/mol. The lowest BCUT2D eigenvalue weighted by Gasteiger charge is -1.97. The second-order valence-corrected chi connectivity index (χ2v) is 3.03. The molecular formula is C11H13F2N. The fourth-order valence-electron chi connectivity index (χ4n) is 1.16. The van der Waals surface area contributed by atoms with Crippen LogP contribution in [0.1, 0.15) is 12.0 Å². The van der Waals surface area contributed by atoms with Gasteiger partial charge in [-0.15, -0.1) is 0 Å². The van der Waals surface area contributed by atoms with Gasteiger partial charge in [0.05, 0.1) is 0 Å². The maximum atomic E-state index is 12.7. The first-order valence-corrected chi connectivity index (χ1v) is 4.52. The highest BCUT2D eigenvalue weighted by Gasteiger charge is 1.98. The first-order valence-electron chi connectivity index (χ1n) is 4.52. The molecule has 1 rings (SSSR count). The molecule has 0 amide bonds. The van der Waals surface area contributed by atoms with Crippen LogP contribution in [0.4, 0.5) is 8.78 Å². The van der Waals surface area contributed by atoms with Crippen LogP contribution in [-0.4, -0.2) is 6.54 Å². The lowest BCUT2D eigenvalue weighted by atomic mass is 10.1. The lowest BCUT2D eigenvalue weighted by Crippen LogP contribution is -1.95. The van der Waals surface area contributed by atoms with Gasteiger partial charge in [-0.1, -0.05) is 12.2 Å². The van der Waals surface area contributed by atoms with E-state index in [-0.39, 0.29) is 0 Å². The molecule has 0 saturated carbocycles. The fourth-order valence-corrected chi connectivity index (χ4v) is 1.16. The molecule has 0 aromatic heterocycles. The average Bonchev–Trinajstić information content (AvgIpc) is 2.11. The Balaban J connectivity index is 2.58. The van der Waals surface area contributed by atoms with Crippen molar-refractivity contribution in [2.45, 2.75) is 12.8 Å². The minimum Gasteiger partial charge on any atom is -0.330 e. The van der Waals surface area contributed by atoms with Gasteiger partial charge < -0.3 is 5.73 Å². The van der Waals surface area contributed by atoms with Gasteiger partial charge in [0.15, 0.2) is 0 Å². The molecule has 14 heavy (non-hydrogen) atoms. The van der Waals surface area contributed by atoms with Gasteiger partial charge in [-0.25, -0.2) is 8.78 Å². The molecule has 0 atom stereocenters. The Morgan fingerprint density at radius 1 is 1.07 bits per heavy atom. The van der Waals surface area contributed by atoms with E-state index >= 15 is 0 Å². The zero-order chi connectivity index (χ0) is 10.4. The van der Waals surface area contributed by atoms with Crippen molar-refractivity contribution in [3.05, 3.63) is 47.5 Å². The molecule has 0 heterocycles. The minimum atomic E-state index is -0.535. The van der Waals surface area contributed by atoms with E-state index in [0.29, 0.717) is 18.5 Å². The number of benzene rings is 1. The maximum Gasteiger partial charge on any atom is 0.126 e. The zero-order valence-electron chi connectivity index (χ0n) is 7.84. The van der Waals surface area contributed by atoms with Crippen molar-refractivity contribution in [3.63, 3.8) is 0 Å². The van der Waals surface area contributed by atoms with Crippen LogP contribution in [0.3, 0.4) is 0 Å². The Hall–Kier alpha value is -1.22. The summed E-state index contributed by atoms with van der Waals surface area (Å²) in [5, 5.41) is 0. The molecule has 0 aliphatic heterocycles. The van der Waals surface area contributed by atoms with Crippen molar-refractivity contribution < 1.29 is 8.78 Å². The van der Waals surface area contributed by atoms with Crippen molar-refractivity contribution in [3.8, 4) is 0 Å². The van der Waals surface area contributed by atoms with Gasteiger partial charge in [-0.2, -0.15) is 0 Å². The van der Waals surface area contributed by atoms with Crippen molar-refractivity contribution in [1.82, 2.24) is 0 Å². The molecule has 0 aliphatic rings. The quantitative estimate of drug-likeness (QED) is 0.737. The molecule has 2 N–H and O–H groups in total. The maximum absolute atomic E-state index is 12.7. The van der Waals surface area contributed by atoms with Crippen molar-refractivity contribution >= 4 is 0 Å². The second kappa shape index (κ2) is 5.50. The largest absolute Gasteiger partial charge is 0.330 e. The summed E-state index contributed by atoms with van der Waals surface area (Å²) in [6.45, 7) is 0.591. The molecule has 0 aliphatic carbocycles. The molecule has 0 fully saturated rings. The summed E-state index contributed by atoms with van der Waals surface area (Å²) >= 11 is 0. The highest BCUT2D eigenvalue weighted by Crippen LogP contribution is 2.08. The van der Waals surface area contributed by atoms with E-state index in [9.17, 15) is 8.78 Å². The highest BCUT2D eigenvalue weighted by molar-refractivity contribution is 5.20. The van der Waals surface area contributed by atoms with E-state index in [4.69, 9.17) is 5.73 Å². The molecule has 76 valence electrons. The van der Waals surface area contributed by atoms with Gasteiger partial charge in [0.1, 0.15) is 11.6 Å². The molecule has 0 spiro atoms. The number of allylic oxidation sites excluding steroid dienone is 1. The Bertz CT molecular complexity index is 301. The summed E-state index contributed by atoms with van der Waals surface area (Å²) in [5.41, 5.74) is 5.92. The first-order chi connectivity index (χ1) is 6.72. The molecule has 3 heteroatoms. The van der Waals surface area contributed by atoms with Gasteiger partial charge in [0.2, 0.25) is 0 Å². The minimum absolute atomic E-state index is 0.535. The third kappa shape index (κ3) is 3.66. The Labute approximate surface area is 82.2 Å². The average molecular weight is 197 g/mol. The van der Waals surface area contributed by atoms with Crippen LogP contribution in [0, 0.1) is 11.6 Å². The molecule has 1 aromatic rings. The SMILES string of the molecule is NCC/C=C/Cc1cc(F)cc(F)c1. The number of hydrogen-bond acceptors (Lipinski definition) is 1. The molecule has 0 unspecified atom stereocenters. The van der Waals surface area contributed by atoms with Crippen LogP contribution in [-0.2, 0) is 6.42 Å². The topological polar surface area (TPSA) is 26.0 Å².